The third-order valence-electron chi connectivity index (χ3n) is 6.20. The topological polar surface area (TPSA) is 6.48 Å². The fourth-order valence-electron chi connectivity index (χ4n) is 4.23. The molecule has 0 radical (unpaired) electrons. The molecule has 0 atom stereocenters. The molecule has 1 rings (SSSR count). The summed E-state index contributed by atoms with van der Waals surface area (Å²) in [6.07, 6.45) is 31.8. The summed E-state index contributed by atoms with van der Waals surface area (Å²) >= 11 is 0. The van der Waals surface area contributed by atoms with Gasteiger partial charge in [0.2, 0.25) is 0 Å². The Bertz CT molecular complexity index is 339. The van der Waals surface area contributed by atoms with Crippen LogP contribution in [0.3, 0.4) is 0 Å². The Kier molecular flexibility index (Phi) is 17.8. The van der Waals surface area contributed by atoms with E-state index in [2.05, 4.69) is 36.0 Å². The second kappa shape index (κ2) is 19.6. The summed E-state index contributed by atoms with van der Waals surface area (Å²) in [4.78, 5) is 4.97. The van der Waals surface area contributed by atoms with E-state index in [4.69, 9.17) is 0 Å². The Balaban J connectivity index is 1.73. The quantitative estimate of drug-likeness (QED) is 0.181. The van der Waals surface area contributed by atoms with Gasteiger partial charge < -0.3 is 9.80 Å². The zero-order valence-corrected chi connectivity index (χ0v) is 19.6. The van der Waals surface area contributed by atoms with E-state index < -0.39 is 0 Å². The SMILES string of the molecule is CCCCCCCCCCCCCCCCCCN1C=CN(CCCCC)C1. The summed E-state index contributed by atoms with van der Waals surface area (Å²) in [5.41, 5.74) is 0. The maximum atomic E-state index is 2.50. The van der Waals surface area contributed by atoms with E-state index in [0.29, 0.717) is 0 Å². The number of unbranched alkanes of at least 4 members (excludes halogenated alkanes) is 17. The average Bonchev–Trinajstić information content (AvgIpc) is 3.15. The molecule has 166 valence electrons. The summed E-state index contributed by atoms with van der Waals surface area (Å²) < 4.78 is 0. The molecule has 0 saturated carbocycles. The van der Waals surface area contributed by atoms with Crippen LogP contribution in [-0.4, -0.2) is 29.6 Å². The summed E-state index contributed by atoms with van der Waals surface area (Å²) in [7, 11) is 0. The number of rotatable bonds is 21. The Hall–Kier alpha value is -0.660. The van der Waals surface area contributed by atoms with E-state index in [0.717, 1.165) is 6.67 Å². The third-order valence-corrected chi connectivity index (χ3v) is 6.20. The van der Waals surface area contributed by atoms with Crippen LogP contribution in [0.5, 0.6) is 0 Å². The smallest absolute Gasteiger partial charge is 0.0893 e. The maximum Gasteiger partial charge on any atom is 0.0893 e. The highest BCUT2D eigenvalue weighted by Crippen LogP contribution is 2.14. The van der Waals surface area contributed by atoms with Gasteiger partial charge in [0.15, 0.2) is 0 Å². The van der Waals surface area contributed by atoms with Crippen molar-refractivity contribution in [2.45, 2.75) is 136 Å². The summed E-state index contributed by atoms with van der Waals surface area (Å²) in [6.45, 7) is 8.19. The highest BCUT2D eigenvalue weighted by atomic mass is 15.3. The first kappa shape index (κ1) is 25.4. The van der Waals surface area contributed by atoms with Crippen molar-refractivity contribution >= 4 is 0 Å². The zero-order chi connectivity index (χ0) is 20.1. The normalized spacial score (nSPS) is 13.8. The van der Waals surface area contributed by atoms with Gasteiger partial charge in [0.1, 0.15) is 0 Å². The third kappa shape index (κ3) is 15.3. The van der Waals surface area contributed by atoms with Crippen LogP contribution in [0.15, 0.2) is 12.4 Å². The fourth-order valence-corrected chi connectivity index (χ4v) is 4.23. The van der Waals surface area contributed by atoms with Gasteiger partial charge in [-0.05, 0) is 12.8 Å². The lowest BCUT2D eigenvalue weighted by molar-refractivity contribution is 0.257. The zero-order valence-electron chi connectivity index (χ0n) is 19.6. The number of hydrogen-bond donors (Lipinski definition) is 0. The van der Waals surface area contributed by atoms with Crippen molar-refractivity contribution in [3.8, 4) is 0 Å². The molecule has 2 heteroatoms. The second-order valence-electron chi connectivity index (χ2n) is 9.07. The highest BCUT2D eigenvalue weighted by molar-refractivity contribution is 4.90. The molecule has 0 aromatic carbocycles. The standard InChI is InChI=1S/C26H52N2/c1-3-5-7-8-9-10-11-12-13-14-15-16-17-18-19-21-23-28-25-24-27(26-28)22-20-6-4-2/h24-25H,3-23,26H2,1-2H3. The molecule has 1 heterocycles. The first-order valence-electron chi connectivity index (χ1n) is 13.0. The van der Waals surface area contributed by atoms with Gasteiger partial charge in [-0.3, -0.25) is 0 Å². The van der Waals surface area contributed by atoms with Gasteiger partial charge in [0.25, 0.3) is 0 Å². The lowest BCUT2D eigenvalue weighted by Gasteiger charge is -2.21. The van der Waals surface area contributed by atoms with Crippen molar-refractivity contribution < 1.29 is 0 Å². The minimum Gasteiger partial charge on any atom is -0.359 e. The van der Waals surface area contributed by atoms with Crippen LogP contribution < -0.4 is 0 Å². The molecular formula is C26H52N2. The van der Waals surface area contributed by atoms with E-state index in [1.54, 1.807) is 0 Å². The number of nitrogens with zero attached hydrogens (tertiary/aromatic N) is 2. The molecule has 0 saturated heterocycles. The van der Waals surface area contributed by atoms with Gasteiger partial charge in [0.05, 0.1) is 6.67 Å². The van der Waals surface area contributed by atoms with E-state index in [-0.39, 0.29) is 0 Å². The monoisotopic (exact) mass is 392 g/mol. The maximum absolute atomic E-state index is 2.50. The molecule has 0 aromatic rings. The Morgan fingerprint density at radius 2 is 0.714 bits per heavy atom. The van der Waals surface area contributed by atoms with Gasteiger partial charge in [-0.15, -0.1) is 0 Å². The highest BCUT2D eigenvalue weighted by Gasteiger charge is 2.10. The molecule has 1 aliphatic rings. The van der Waals surface area contributed by atoms with Crippen LogP contribution in [0.4, 0.5) is 0 Å². The van der Waals surface area contributed by atoms with E-state index >= 15 is 0 Å². The van der Waals surface area contributed by atoms with Gasteiger partial charge in [-0.2, -0.15) is 0 Å². The molecule has 28 heavy (non-hydrogen) atoms. The second-order valence-corrected chi connectivity index (χ2v) is 9.07. The van der Waals surface area contributed by atoms with Crippen LogP contribution in [-0.2, 0) is 0 Å². The van der Waals surface area contributed by atoms with Gasteiger partial charge in [0, 0.05) is 25.5 Å². The van der Waals surface area contributed by atoms with Crippen LogP contribution in [0.2, 0.25) is 0 Å². The predicted octanol–water partition coefficient (Wildman–Crippen LogP) is 8.48. The molecule has 1 aliphatic heterocycles. The first-order chi connectivity index (χ1) is 13.9. The largest absolute Gasteiger partial charge is 0.359 e. The summed E-state index contributed by atoms with van der Waals surface area (Å²) in [6, 6.07) is 0. The molecule has 0 aromatic heterocycles. The lowest BCUT2D eigenvalue weighted by atomic mass is 10.0. The van der Waals surface area contributed by atoms with Crippen LogP contribution in [0.1, 0.15) is 136 Å². The Labute approximate surface area is 178 Å². The van der Waals surface area contributed by atoms with Crippen LogP contribution in [0.25, 0.3) is 0 Å². The molecule has 0 aliphatic carbocycles. The van der Waals surface area contributed by atoms with Crippen molar-refractivity contribution in [2.24, 2.45) is 0 Å². The number of hydrogen-bond acceptors (Lipinski definition) is 2. The van der Waals surface area contributed by atoms with E-state index in [9.17, 15) is 0 Å². The lowest BCUT2D eigenvalue weighted by Crippen LogP contribution is -2.26. The molecule has 0 amide bonds. The molecule has 0 bridgehead atoms. The molecule has 0 fully saturated rings. The minimum absolute atomic E-state index is 1.13. The average molecular weight is 393 g/mol. The summed E-state index contributed by atoms with van der Waals surface area (Å²) in [5, 5.41) is 0. The van der Waals surface area contributed by atoms with Crippen LogP contribution >= 0.6 is 0 Å². The first-order valence-corrected chi connectivity index (χ1v) is 13.0. The van der Waals surface area contributed by atoms with Crippen molar-refractivity contribution in [3.63, 3.8) is 0 Å². The Morgan fingerprint density at radius 3 is 1.11 bits per heavy atom. The molecule has 0 unspecified atom stereocenters. The van der Waals surface area contributed by atoms with Gasteiger partial charge in [-0.1, -0.05) is 123 Å². The summed E-state index contributed by atoms with van der Waals surface area (Å²) in [5.74, 6) is 0. The minimum atomic E-state index is 1.13. The molecular weight excluding hydrogens is 340 g/mol. The van der Waals surface area contributed by atoms with E-state index in [1.807, 2.05) is 0 Å². The molecule has 0 N–H and O–H groups in total. The Morgan fingerprint density at radius 1 is 0.429 bits per heavy atom. The van der Waals surface area contributed by atoms with Crippen molar-refractivity contribution in [1.82, 2.24) is 9.80 Å². The van der Waals surface area contributed by atoms with Crippen LogP contribution in [0, 0.1) is 0 Å². The van der Waals surface area contributed by atoms with Crippen molar-refractivity contribution in [2.75, 3.05) is 19.8 Å². The van der Waals surface area contributed by atoms with Gasteiger partial charge in [-0.25, -0.2) is 0 Å². The fraction of sp³-hybridized carbons (Fsp3) is 0.923. The van der Waals surface area contributed by atoms with Gasteiger partial charge >= 0.3 is 0 Å². The molecule has 0 spiro atoms. The predicted molar refractivity (Wildman–Crippen MR) is 126 cm³/mol. The molecule has 2 nitrogen and oxygen atoms in total. The van der Waals surface area contributed by atoms with Crippen molar-refractivity contribution in [3.05, 3.63) is 12.4 Å². The van der Waals surface area contributed by atoms with E-state index in [1.165, 1.54) is 135 Å². The van der Waals surface area contributed by atoms with Crippen molar-refractivity contribution in [1.29, 1.82) is 0 Å².